The summed E-state index contributed by atoms with van der Waals surface area (Å²) in [5.74, 6) is 0.134. The number of hydrogen-bond acceptors (Lipinski definition) is 3. The van der Waals surface area contributed by atoms with Gasteiger partial charge in [-0.25, -0.2) is 9.37 Å². The third kappa shape index (κ3) is 5.60. The van der Waals surface area contributed by atoms with Crippen LogP contribution in [-0.2, 0) is 24.1 Å². The molecule has 1 fully saturated rings. The summed E-state index contributed by atoms with van der Waals surface area (Å²) in [6.45, 7) is 1.83. The summed E-state index contributed by atoms with van der Waals surface area (Å²) in [7, 11) is 0. The Bertz CT molecular complexity index is 1390. The van der Waals surface area contributed by atoms with Crippen LogP contribution < -0.4 is 10.2 Å². The summed E-state index contributed by atoms with van der Waals surface area (Å²) < 4.78 is 54.4. The molecule has 0 radical (unpaired) electrons. The van der Waals surface area contributed by atoms with Gasteiger partial charge < -0.3 is 14.8 Å². The molecule has 4 aromatic rings. The van der Waals surface area contributed by atoms with Crippen LogP contribution in [0.1, 0.15) is 29.5 Å². The van der Waals surface area contributed by atoms with Gasteiger partial charge in [0.15, 0.2) is 0 Å². The molecule has 1 aromatic heterocycles. The molecule has 1 saturated heterocycles. The summed E-state index contributed by atoms with van der Waals surface area (Å²) in [6.07, 6.45) is -3.21. The van der Waals surface area contributed by atoms with Gasteiger partial charge in [0.05, 0.1) is 23.1 Å². The lowest BCUT2D eigenvalue weighted by Crippen LogP contribution is -2.41. The molecule has 1 amide bonds. The molecule has 5 nitrogen and oxygen atoms in total. The van der Waals surface area contributed by atoms with E-state index in [1.165, 1.54) is 18.2 Å². The van der Waals surface area contributed by atoms with Crippen LogP contribution in [0.4, 0.5) is 23.5 Å². The molecule has 1 aliphatic heterocycles. The third-order valence-corrected chi connectivity index (χ3v) is 6.76. The Kier molecular flexibility index (Phi) is 6.86. The number of halogens is 4. The van der Waals surface area contributed by atoms with Gasteiger partial charge in [-0.1, -0.05) is 36.4 Å². The minimum absolute atomic E-state index is 0.0520. The summed E-state index contributed by atoms with van der Waals surface area (Å²) in [4.78, 5) is 19.8. The number of nitrogens with zero attached hydrogens (tertiary/aromatic N) is 3. The minimum atomic E-state index is -4.42. The van der Waals surface area contributed by atoms with E-state index in [9.17, 15) is 22.4 Å². The van der Waals surface area contributed by atoms with E-state index in [4.69, 9.17) is 4.98 Å². The Morgan fingerprint density at radius 3 is 2.41 bits per heavy atom. The smallest absolute Gasteiger partial charge is 0.352 e. The van der Waals surface area contributed by atoms with E-state index < -0.39 is 11.7 Å². The van der Waals surface area contributed by atoms with Gasteiger partial charge in [0.25, 0.3) is 0 Å². The van der Waals surface area contributed by atoms with Crippen molar-refractivity contribution in [2.24, 2.45) is 5.92 Å². The van der Waals surface area contributed by atoms with Crippen molar-refractivity contribution >= 4 is 22.9 Å². The van der Waals surface area contributed by atoms with Gasteiger partial charge in [0.2, 0.25) is 11.9 Å². The van der Waals surface area contributed by atoms with Crippen molar-refractivity contribution in [1.29, 1.82) is 0 Å². The molecule has 2 heterocycles. The van der Waals surface area contributed by atoms with Crippen LogP contribution in [0, 0.1) is 11.7 Å². The van der Waals surface area contributed by atoms with Gasteiger partial charge in [-0.2, -0.15) is 13.2 Å². The highest BCUT2D eigenvalue weighted by molar-refractivity contribution is 5.80. The van der Waals surface area contributed by atoms with Gasteiger partial charge in [-0.05, 0) is 60.4 Å². The van der Waals surface area contributed by atoms with E-state index in [1.54, 1.807) is 18.2 Å². The molecule has 0 bridgehead atoms. The van der Waals surface area contributed by atoms with Gasteiger partial charge >= 0.3 is 6.18 Å². The van der Waals surface area contributed by atoms with Gasteiger partial charge in [-0.15, -0.1) is 0 Å². The predicted octanol–water partition coefficient (Wildman–Crippen LogP) is 5.78. The maximum atomic E-state index is 13.4. The number of carbonyl (C=O) groups excluding carboxylic acids is 1. The van der Waals surface area contributed by atoms with Crippen molar-refractivity contribution in [3.63, 3.8) is 0 Å². The SMILES string of the molecule is O=C(NCc1cccc(C(F)(F)F)c1)C1CCN(c2nc3ccccc3n2Cc2ccc(F)cc2)CC1. The minimum Gasteiger partial charge on any atom is -0.352 e. The second-order valence-electron chi connectivity index (χ2n) is 9.29. The second-order valence-corrected chi connectivity index (χ2v) is 9.29. The van der Waals surface area contributed by atoms with E-state index in [-0.39, 0.29) is 24.2 Å². The van der Waals surface area contributed by atoms with Gasteiger partial charge in [-0.3, -0.25) is 4.79 Å². The lowest BCUT2D eigenvalue weighted by atomic mass is 9.96. The molecule has 0 aliphatic carbocycles. The Balaban J connectivity index is 1.25. The summed E-state index contributed by atoms with van der Waals surface area (Å²) in [5.41, 5.74) is 2.48. The van der Waals surface area contributed by atoms with E-state index in [1.807, 2.05) is 24.3 Å². The fraction of sp³-hybridized carbons (Fsp3) is 0.286. The number of anilines is 1. The summed E-state index contributed by atoms with van der Waals surface area (Å²) in [6, 6.07) is 19.2. The van der Waals surface area contributed by atoms with Crippen LogP contribution in [0.3, 0.4) is 0 Å². The monoisotopic (exact) mass is 510 g/mol. The number of para-hydroxylation sites is 2. The van der Waals surface area contributed by atoms with Crippen molar-refractivity contribution in [2.75, 3.05) is 18.0 Å². The molecule has 9 heteroatoms. The molecular weight excluding hydrogens is 484 g/mol. The van der Waals surface area contributed by atoms with Gasteiger partial charge in [0, 0.05) is 25.6 Å². The summed E-state index contributed by atoms with van der Waals surface area (Å²) >= 11 is 0. The van der Waals surface area contributed by atoms with Crippen LogP contribution >= 0.6 is 0 Å². The number of nitrogens with one attached hydrogen (secondary N) is 1. The number of rotatable bonds is 6. The molecule has 5 rings (SSSR count). The molecule has 3 aromatic carbocycles. The van der Waals surface area contributed by atoms with Crippen LogP contribution in [0.5, 0.6) is 0 Å². The zero-order chi connectivity index (χ0) is 26.0. The number of hydrogen-bond donors (Lipinski definition) is 1. The number of carbonyl (C=O) groups is 1. The second kappa shape index (κ2) is 10.2. The zero-order valence-electron chi connectivity index (χ0n) is 20.0. The molecule has 0 saturated carbocycles. The van der Waals surface area contributed by atoms with Crippen molar-refractivity contribution in [3.8, 4) is 0 Å². The standard InChI is InChI=1S/C28H26F4N4O/c29-23-10-8-19(9-11-23)18-36-25-7-2-1-6-24(25)34-27(36)35-14-12-21(13-15-35)26(37)33-17-20-4-3-5-22(16-20)28(30,31)32/h1-11,16,21H,12-15,17-18H2,(H,33,37). The number of piperidine rings is 1. The van der Waals surface area contributed by atoms with Crippen molar-refractivity contribution in [1.82, 2.24) is 14.9 Å². The predicted molar refractivity (Wildman–Crippen MR) is 133 cm³/mol. The molecule has 192 valence electrons. The number of aromatic nitrogens is 2. The molecule has 37 heavy (non-hydrogen) atoms. The number of fused-ring (bicyclic) bond motifs is 1. The average molecular weight is 511 g/mol. The lowest BCUT2D eigenvalue weighted by molar-refractivity contribution is -0.137. The highest BCUT2D eigenvalue weighted by Gasteiger charge is 2.31. The number of imidazole rings is 1. The average Bonchev–Trinajstić information content (AvgIpc) is 3.26. The van der Waals surface area contributed by atoms with Crippen LogP contribution in [0.25, 0.3) is 11.0 Å². The normalized spacial score (nSPS) is 14.8. The number of amides is 1. The fourth-order valence-corrected chi connectivity index (χ4v) is 4.77. The molecule has 0 spiro atoms. The Labute approximate surface area is 211 Å². The largest absolute Gasteiger partial charge is 0.416 e. The topological polar surface area (TPSA) is 50.2 Å². The molecule has 1 N–H and O–H groups in total. The highest BCUT2D eigenvalue weighted by atomic mass is 19.4. The zero-order valence-corrected chi connectivity index (χ0v) is 20.0. The molecule has 0 atom stereocenters. The van der Waals surface area contributed by atoms with Crippen LogP contribution in [-0.4, -0.2) is 28.5 Å². The Hall–Kier alpha value is -3.88. The third-order valence-electron chi connectivity index (χ3n) is 6.76. The van der Waals surface area contributed by atoms with Crippen LogP contribution in [0.2, 0.25) is 0 Å². The first-order chi connectivity index (χ1) is 17.8. The quantitative estimate of drug-likeness (QED) is 0.335. The Morgan fingerprint density at radius 1 is 0.946 bits per heavy atom. The van der Waals surface area contributed by atoms with Gasteiger partial charge in [0.1, 0.15) is 5.82 Å². The fourth-order valence-electron chi connectivity index (χ4n) is 4.77. The Morgan fingerprint density at radius 2 is 1.68 bits per heavy atom. The van der Waals surface area contributed by atoms with Crippen molar-refractivity contribution in [3.05, 3.63) is 95.3 Å². The summed E-state index contributed by atoms with van der Waals surface area (Å²) in [5, 5.41) is 2.80. The van der Waals surface area contributed by atoms with Crippen molar-refractivity contribution < 1.29 is 22.4 Å². The molecule has 1 aliphatic rings. The number of benzene rings is 3. The first kappa shape index (κ1) is 24.8. The van der Waals surface area contributed by atoms with E-state index in [2.05, 4.69) is 14.8 Å². The maximum absolute atomic E-state index is 13.4. The lowest BCUT2D eigenvalue weighted by Gasteiger charge is -2.32. The number of alkyl halides is 3. The van der Waals surface area contributed by atoms with E-state index >= 15 is 0 Å². The van der Waals surface area contributed by atoms with Crippen LogP contribution in [0.15, 0.2) is 72.8 Å². The molecule has 0 unspecified atom stereocenters. The highest BCUT2D eigenvalue weighted by Crippen LogP contribution is 2.30. The van der Waals surface area contributed by atoms with E-state index in [0.29, 0.717) is 38.0 Å². The first-order valence-electron chi connectivity index (χ1n) is 12.2. The molecular formula is C28H26F4N4O. The first-order valence-corrected chi connectivity index (χ1v) is 12.2. The van der Waals surface area contributed by atoms with Crippen molar-refractivity contribution in [2.45, 2.75) is 32.1 Å². The van der Waals surface area contributed by atoms with E-state index in [0.717, 1.165) is 34.7 Å². The maximum Gasteiger partial charge on any atom is 0.416 e.